The summed E-state index contributed by atoms with van der Waals surface area (Å²) >= 11 is 0. The molecule has 3 heterocycles. The Morgan fingerprint density at radius 2 is 1.86 bits per heavy atom. The van der Waals surface area contributed by atoms with Crippen molar-refractivity contribution in [3.05, 3.63) is 42.4 Å². The molecule has 0 spiro atoms. The molecule has 11 heteroatoms. The second kappa shape index (κ2) is 7.76. The summed E-state index contributed by atoms with van der Waals surface area (Å²) in [5.74, 6) is -0.404. The fourth-order valence-corrected chi connectivity index (χ4v) is 4.95. The van der Waals surface area contributed by atoms with E-state index in [1.165, 1.54) is 36.6 Å². The minimum absolute atomic E-state index is 0.0149. The summed E-state index contributed by atoms with van der Waals surface area (Å²) in [5.41, 5.74) is 4.49. The number of hydrogen-bond donors (Lipinski definition) is 2. The highest BCUT2D eigenvalue weighted by atomic mass is 32.2. The number of fused-ring (bicyclic) bond motifs is 1. The quantitative estimate of drug-likeness (QED) is 0.695. The SMILES string of the molecule is O=C(NNC(=O)C1CCCN1S(=O)(=O)c1ccc2c(c1)OCCO2)c1ccco1. The van der Waals surface area contributed by atoms with Gasteiger partial charge in [-0.3, -0.25) is 20.4 Å². The molecule has 0 saturated carbocycles. The Balaban J connectivity index is 1.48. The molecule has 2 N–H and O–H groups in total. The van der Waals surface area contributed by atoms with Gasteiger partial charge in [0.15, 0.2) is 17.3 Å². The molecule has 2 aromatic rings. The monoisotopic (exact) mass is 421 g/mol. The number of nitrogens with zero attached hydrogens (tertiary/aromatic N) is 1. The van der Waals surface area contributed by atoms with Crippen LogP contribution < -0.4 is 20.3 Å². The van der Waals surface area contributed by atoms with Crippen molar-refractivity contribution in [2.24, 2.45) is 0 Å². The molecule has 0 bridgehead atoms. The van der Waals surface area contributed by atoms with Gasteiger partial charge in [0.25, 0.3) is 5.91 Å². The first-order valence-corrected chi connectivity index (χ1v) is 10.5. The molecule has 1 aromatic heterocycles. The molecule has 4 rings (SSSR count). The van der Waals surface area contributed by atoms with E-state index in [1.807, 2.05) is 0 Å². The van der Waals surface area contributed by atoms with Crippen LogP contribution in [0.4, 0.5) is 0 Å². The van der Waals surface area contributed by atoms with Crippen molar-refractivity contribution in [2.75, 3.05) is 19.8 Å². The Morgan fingerprint density at radius 3 is 2.62 bits per heavy atom. The summed E-state index contributed by atoms with van der Waals surface area (Å²) in [6.45, 7) is 0.929. The van der Waals surface area contributed by atoms with E-state index in [0.29, 0.717) is 37.6 Å². The number of amides is 2. The number of benzene rings is 1. The zero-order chi connectivity index (χ0) is 20.4. The highest BCUT2D eigenvalue weighted by Crippen LogP contribution is 2.34. The first-order valence-electron chi connectivity index (χ1n) is 9.02. The normalized spacial score (nSPS) is 19.0. The van der Waals surface area contributed by atoms with Crippen LogP contribution >= 0.6 is 0 Å². The maximum atomic E-state index is 13.1. The van der Waals surface area contributed by atoms with Gasteiger partial charge in [0.1, 0.15) is 19.3 Å². The van der Waals surface area contributed by atoms with Gasteiger partial charge in [-0.15, -0.1) is 0 Å². The Morgan fingerprint density at radius 1 is 1.07 bits per heavy atom. The zero-order valence-corrected chi connectivity index (χ0v) is 16.1. The molecule has 1 saturated heterocycles. The van der Waals surface area contributed by atoms with Gasteiger partial charge in [0, 0.05) is 12.6 Å². The average molecular weight is 421 g/mol. The lowest BCUT2D eigenvalue weighted by molar-refractivity contribution is -0.125. The fraction of sp³-hybridized carbons (Fsp3) is 0.333. The Kier molecular flexibility index (Phi) is 5.16. The molecule has 10 nitrogen and oxygen atoms in total. The molecule has 2 amide bonds. The zero-order valence-electron chi connectivity index (χ0n) is 15.3. The molecular formula is C18H19N3O7S. The molecule has 1 unspecified atom stereocenters. The van der Waals surface area contributed by atoms with Crippen LogP contribution in [0.3, 0.4) is 0 Å². The van der Waals surface area contributed by atoms with Gasteiger partial charge in [-0.1, -0.05) is 0 Å². The lowest BCUT2D eigenvalue weighted by Gasteiger charge is -2.24. The van der Waals surface area contributed by atoms with Crippen molar-refractivity contribution in [3.63, 3.8) is 0 Å². The lowest BCUT2D eigenvalue weighted by atomic mass is 10.2. The van der Waals surface area contributed by atoms with Gasteiger partial charge in [0.05, 0.1) is 11.2 Å². The predicted octanol–water partition coefficient (Wildman–Crippen LogP) is 0.665. The second-order valence-corrected chi connectivity index (χ2v) is 8.39. The maximum absolute atomic E-state index is 13.1. The standard InChI is InChI=1S/C18H19N3O7S/c22-17(19-20-18(23)15-4-2-8-26-15)13-3-1-7-21(13)29(24,25)12-5-6-14-16(11-12)28-10-9-27-14/h2,4-6,8,11,13H,1,3,7,9-10H2,(H,19,22)(H,20,23). The third-order valence-corrected chi connectivity index (χ3v) is 6.57. The summed E-state index contributed by atoms with van der Waals surface area (Å²) in [4.78, 5) is 24.4. The van der Waals surface area contributed by atoms with Crippen LogP contribution in [0.25, 0.3) is 0 Å². The highest BCUT2D eigenvalue weighted by molar-refractivity contribution is 7.89. The average Bonchev–Trinajstić information content (AvgIpc) is 3.43. The van der Waals surface area contributed by atoms with E-state index in [1.54, 1.807) is 0 Å². The molecule has 2 aliphatic heterocycles. The van der Waals surface area contributed by atoms with Gasteiger partial charge in [0.2, 0.25) is 10.0 Å². The second-order valence-electron chi connectivity index (χ2n) is 6.50. The van der Waals surface area contributed by atoms with E-state index in [0.717, 1.165) is 4.31 Å². The maximum Gasteiger partial charge on any atom is 0.305 e. The van der Waals surface area contributed by atoms with Crippen molar-refractivity contribution >= 4 is 21.8 Å². The van der Waals surface area contributed by atoms with Crippen molar-refractivity contribution in [1.29, 1.82) is 0 Å². The minimum Gasteiger partial charge on any atom is -0.486 e. The molecule has 0 radical (unpaired) electrons. The van der Waals surface area contributed by atoms with E-state index >= 15 is 0 Å². The smallest absolute Gasteiger partial charge is 0.305 e. The van der Waals surface area contributed by atoms with E-state index in [4.69, 9.17) is 13.9 Å². The summed E-state index contributed by atoms with van der Waals surface area (Å²) in [6.07, 6.45) is 2.19. The van der Waals surface area contributed by atoms with E-state index in [2.05, 4.69) is 10.9 Å². The third kappa shape index (κ3) is 3.78. The van der Waals surface area contributed by atoms with Crippen molar-refractivity contribution in [3.8, 4) is 11.5 Å². The first-order chi connectivity index (χ1) is 14.0. The number of hydrazine groups is 1. The molecular weight excluding hydrogens is 402 g/mol. The van der Waals surface area contributed by atoms with Crippen molar-refractivity contribution in [1.82, 2.24) is 15.2 Å². The van der Waals surface area contributed by atoms with Crippen LogP contribution in [0.5, 0.6) is 11.5 Å². The van der Waals surface area contributed by atoms with Crippen molar-refractivity contribution in [2.45, 2.75) is 23.8 Å². The molecule has 0 aliphatic carbocycles. The lowest BCUT2D eigenvalue weighted by Crippen LogP contribution is -2.51. The number of sulfonamides is 1. The number of ether oxygens (including phenoxy) is 2. The van der Waals surface area contributed by atoms with Crippen LogP contribution in [0.2, 0.25) is 0 Å². The number of carbonyl (C=O) groups excluding carboxylic acids is 2. The van der Waals surface area contributed by atoms with Crippen LogP contribution in [-0.4, -0.2) is 50.3 Å². The number of rotatable bonds is 4. The molecule has 154 valence electrons. The molecule has 29 heavy (non-hydrogen) atoms. The number of carbonyl (C=O) groups is 2. The van der Waals surface area contributed by atoms with Crippen LogP contribution in [-0.2, 0) is 14.8 Å². The van der Waals surface area contributed by atoms with Crippen molar-refractivity contribution < 1.29 is 31.9 Å². The summed E-state index contributed by atoms with van der Waals surface area (Å²) in [5, 5.41) is 0. The predicted molar refractivity (Wildman–Crippen MR) is 98.7 cm³/mol. The summed E-state index contributed by atoms with van der Waals surface area (Å²) < 4.78 is 43.2. The van der Waals surface area contributed by atoms with Gasteiger partial charge < -0.3 is 13.9 Å². The van der Waals surface area contributed by atoms with Crippen LogP contribution in [0.15, 0.2) is 45.9 Å². The van der Waals surface area contributed by atoms with E-state index in [-0.39, 0.29) is 17.2 Å². The van der Waals surface area contributed by atoms with Gasteiger partial charge in [-0.05, 0) is 37.1 Å². The fourth-order valence-electron chi connectivity index (χ4n) is 3.28. The number of hydrogen-bond acceptors (Lipinski definition) is 7. The summed E-state index contributed by atoms with van der Waals surface area (Å²) in [7, 11) is -3.94. The largest absolute Gasteiger partial charge is 0.486 e. The Bertz CT molecular complexity index is 1020. The number of nitrogens with one attached hydrogen (secondary N) is 2. The van der Waals surface area contributed by atoms with Gasteiger partial charge >= 0.3 is 5.91 Å². The number of furan rings is 1. The molecule has 1 atom stereocenters. The highest BCUT2D eigenvalue weighted by Gasteiger charge is 2.40. The van der Waals surface area contributed by atoms with Gasteiger partial charge in [-0.25, -0.2) is 8.42 Å². The first kappa shape index (κ1) is 19.3. The van der Waals surface area contributed by atoms with Gasteiger partial charge in [-0.2, -0.15) is 4.31 Å². The van der Waals surface area contributed by atoms with E-state index in [9.17, 15) is 18.0 Å². The van der Waals surface area contributed by atoms with E-state index < -0.39 is 27.9 Å². The topological polar surface area (TPSA) is 127 Å². The molecule has 2 aliphatic rings. The van der Waals surface area contributed by atoms with Crippen LogP contribution in [0, 0.1) is 0 Å². The summed E-state index contributed by atoms with van der Waals surface area (Å²) in [6, 6.07) is 6.40. The van der Waals surface area contributed by atoms with Crippen LogP contribution in [0.1, 0.15) is 23.4 Å². The molecule has 1 fully saturated rings. The Hall–Kier alpha value is -3.05. The third-order valence-electron chi connectivity index (χ3n) is 4.67. The minimum atomic E-state index is -3.94. The Labute approximate surface area is 166 Å². The molecule has 1 aromatic carbocycles.